The lowest BCUT2D eigenvalue weighted by Gasteiger charge is -2.53. The molecule has 1 aromatic rings. The molecule has 0 amide bonds. The van der Waals surface area contributed by atoms with Crippen LogP contribution in [-0.4, -0.2) is 11.1 Å². The van der Waals surface area contributed by atoms with E-state index < -0.39 is 11.4 Å². The Kier molecular flexibility index (Phi) is 3.62. The van der Waals surface area contributed by atoms with Gasteiger partial charge in [0.2, 0.25) is 0 Å². The number of carboxylic acid groups (broad SMARTS) is 1. The summed E-state index contributed by atoms with van der Waals surface area (Å²) in [6.07, 6.45) is 4.99. The van der Waals surface area contributed by atoms with Gasteiger partial charge in [-0.3, -0.25) is 4.79 Å². The molecule has 0 spiro atoms. The number of hydrogen-bond donors (Lipinski definition) is 1. The van der Waals surface area contributed by atoms with Crippen molar-refractivity contribution in [2.75, 3.05) is 0 Å². The van der Waals surface area contributed by atoms with Crippen LogP contribution in [-0.2, 0) is 16.6 Å². The van der Waals surface area contributed by atoms with Crippen molar-refractivity contribution >= 4 is 5.97 Å². The first-order valence-corrected chi connectivity index (χ1v) is 8.66. The van der Waals surface area contributed by atoms with Crippen molar-refractivity contribution in [1.82, 2.24) is 0 Å². The Labute approximate surface area is 133 Å². The average Bonchev–Trinajstić information content (AvgIpc) is 2.46. The molecule has 0 unspecified atom stereocenters. The highest BCUT2D eigenvalue weighted by Crippen LogP contribution is 2.57. The van der Waals surface area contributed by atoms with Gasteiger partial charge >= 0.3 is 5.97 Å². The second-order valence-corrected chi connectivity index (χ2v) is 8.16. The predicted molar refractivity (Wildman–Crippen MR) is 89.3 cm³/mol. The summed E-state index contributed by atoms with van der Waals surface area (Å²) in [5, 5.41) is 9.82. The average molecular weight is 300 g/mol. The van der Waals surface area contributed by atoms with Crippen LogP contribution in [0.15, 0.2) is 18.2 Å². The molecule has 2 nitrogen and oxygen atoms in total. The summed E-state index contributed by atoms with van der Waals surface area (Å²) in [5.74, 6) is 0.195. The largest absolute Gasteiger partial charge is 0.481 e. The molecule has 0 bridgehead atoms. The van der Waals surface area contributed by atoms with Crippen LogP contribution in [0.3, 0.4) is 0 Å². The Bertz CT molecular complexity index is 604. The summed E-state index contributed by atoms with van der Waals surface area (Å²) in [5.41, 5.74) is 3.73. The SMILES string of the molecule is CC(C)c1ccc2c(c1)CC[C@H]1[C@](C)(C(=O)O)CCC[C@@]21C. The third kappa shape index (κ3) is 2.11. The van der Waals surface area contributed by atoms with Crippen LogP contribution in [0.4, 0.5) is 0 Å². The summed E-state index contributed by atoms with van der Waals surface area (Å²) in [4.78, 5) is 11.9. The Balaban J connectivity index is 2.08. The maximum atomic E-state index is 11.9. The smallest absolute Gasteiger partial charge is 0.309 e. The fourth-order valence-electron chi connectivity index (χ4n) is 5.13. The molecule has 0 radical (unpaired) electrons. The van der Waals surface area contributed by atoms with Crippen LogP contribution in [0.1, 0.15) is 76.0 Å². The number of aliphatic carboxylic acids is 1. The lowest BCUT2D eigenvalue weighted by atomic mass is 9.50. The molecule has 2 aliphatic rings. The standard InChI is InChI=1S/C20H28O2/c1-13(2)14-6-8-16-15(12-14)7-9-17-19(16,3)10-5-11-20(17,4)18(21)22/h6,8,12-13,17H,5,7,9-11H2,1-4H3,(H,21,22)/t17-,19+,20-/m1/s1. The molecule has 1 saturated carbocycles. The van der Waals surface area contributed by atoms with E-state index in [1.165, 1.54) is 16.7 Å². The van der Waals surface area contributed by atoms with E-state index >= 15 is 0 Å². The van der Waals surface area contributed by atoms with Crippen molar-refractivity contribution in [2.24, 2.45) is 11.3 Å². The van der Waals surface area contributed by atoms with Crippen LogP contribution in [0.25, 0.3) is 0 Å². The zero-order chi connectivity index (χ0) is 16.1. The van der Waals surface area contributed by atoms with Gasteiger partial charge in [-0.1, -0.05) is 45.4 Å². The minimum Gasteiger partial charge on any atom is -0.481 e. The Morgan fingerprint density at radius 2 is 2.00 bits per heavy atom. The number of hydrogen-bond acceptors (Lipinski definition) is 1. The van der Waals surface area contributed by atoms with Gasteiger partial charge in [0.25, 0.3) is 0 Å². The van der Waals surface area contributed by atoms with Gasteiger partial charge in [-0.05, 0) is 66.5 Å². The highest BCUT2D eigenvalue weighted by molar-refractivity contribution is 5.75. The lowest BCUT2D eigenvalue weighted by Crippen LogP contribution is -2.52. The van der Waals surface area contributed by atoms with Gasteiger partial charge in [0, 0.05) is 0 Å². The van der Waals surface area contributed by atoms with Gasteiger partial charge in [-0.25, -0.2) is 0 Å². The minimum atomic E-state index is -0.606. The highest BCUT2D eigenvalue weighted by Gasteiger charge is 2.55. The maximum absolute atomic E-state index is 11.9. The number of benzene rings is 1. The first-order valence-electron chi connectivity index (χ1n) is 8.66. The Morgan fingerprint density at radius 3 is 2.64 bits per heavy atom. The van der Waals surface area contributed by atoms with Crippen LogP contribution in [0.2, 0.25) is 0 Å². The van der Waals surface area contributed by atoms with Crippen LogP contribution >= 0.6 is 0 Å². The molecule has 3 atom stereocenters. The number of rotatable bonds is 2. The molecule has 22 heavy (non-hydrogen) atoms. The zero-order valence-corrected chi connectivity index (χ0v) is 14.3. The van der Waals surface area contributed by atoms with Crippen molar-refractivity contribution < 1.29 is 9.90 Å². The Hall–Kier alpha value is -1.31. The fraction of sp³-hybridized carbons (Fsp3) is 0.650. The number of aryl methyl sites for hydroxylation is 1. The normalized spacial score (nSPS) is 34.1. The molecular formula is C20H28O2. The molecule has 0 heterocycles. The van der Waals surface area contributed by atoms with E-state index in [0.29, 0.717) is 5.92 Å². The van der Waals surface area contributed by atoms with Crippen LogP contribution in [0.5, 0.6) is 0 Å². The zero-order valence-electron chi connectivity index (χ0n) is 14.3. The maximum Gasteiger partial charge on any atom is 0.309 e. The lowest BCUT2D eigenvalue weighted by molar-refractivity contribution is -0.157. The topological polar surface area (TPSA) is 37.3 Å². The van der Waals surface area contributed by atoms with Gasteiger partial charge in [0.05, 0.1) is 5.41 Å². The summed E-state index contributed by atoms with van der Waals surface area (Å²) >= 11 is 0. The van der Waals surface area contributed by atoms with Crippen molar-refractivity contribution in [3.05, 3.63) is 34.9 Å². The molecular weight excluding hydrogens is 272 g/mol. The van der Waals surface area contributed by atoms with Crippen molar-refractivity contribution in [3.8, 4) is 0 Å². The van der Waals surface area contributed by atoms with Gasteiger partial charge < -0.3 is 5.11 Å². The summed E-state index contributed by atoms with van der Waals surface area (Å²) in [7, 11) is 0. The second-order valence-electron chi connectivity index (χ2n) is 8.16. The molecule has 1 fully saturated rings. The van der Waals surface area contributed by atoms with Gasteiger partial charge in [-0.15, -0.1) is 0 Å². The number of carboxylic acids is 1. The van der Waals surface area contributed by atoms with E-state index in [-0.39, 0.29) is 11.3 Å². The van der Waals surface area contributed by atoms with Crippen molar-refractivity contribution in [2.45, 2.75) is 71.1 Å². The van der Waals surface area contributed by atoms with Crippen LogP contribution < -0.4 is 0 Å². The molecule has 120 valence electrons. The summed E-state index contributed by atoms with van der Waals surface area (Å²) < 4.78 is 0. The minimum absolute atomic E-state index is 0.0223. The molecule has 2 heteroatoms. The molecule has 3 rings (SSSR count). The molecule has 1 N–H and O–H groups in total. The monoisotopic (exact) mass is 300 g/mol. The third-order valence-electron chi connectivity index (χ3n) is 6.53. The predicted octanol–water partition coefficient (Wildman–Crippen LogP) is 4.90. The number of carbonyl (C=O) groups is 1. The van der Waals surface area contributed by atoms with E-state index in [1.807, 2.05) is 6.92 Å². The van der Waals surface area contributed by atoms with Crippen LogP contribution in [0, 0.1) is 11.3 Å². The summed E-state index contributed by atoms with van der Waals surface area (Å²) in [6, 6.07) is 6.92. The van der Waals surface area contributed by atoms with Gasteiger partial charge in [-0.2, -0.15) is 0 Å². The van der Waals surface area contributed by atoms with Crippen molar-refractivity contribution in [3.63, 3.8) is 0 Å². The molecule has 0 aromatic heterocycles. The fourth-order valence-corrected chi connectivity index (χ4v) is 5.13. The first kappa shape index (κ1) is 15.6. The van der Waals surface area contributed by atoms with Crippen molar-refractivity contribution in [1.29, 1.82) is 0 Å². The molecule has 0 aliphatic heterocycles. The van der Waals surface area contributed by atoms with E-state index in [9.17, 15) is 9.90 Å². The highest BCUT2D eigenvalue weighted by atomic mass is 16.4. The van der Waals surface area contributed by atoms with E-state index in [0.717, 1.165) is 32.1 Å². The quantitative estimate of drug-likeness (QED) is 0.843. The Morgan fingerprint density at radius 1 is 1.27 bits per heavy atom. The molecule has 2 aliphatic carbocycles. The molecule has 0 saturated heterocycles. The summed E-state index contributed by atoms with van der Waals surface area (Å²) in [6.45, 7) is 8.75. The number of fused-ring (bicyclic) bond motifs is 3. The van der Waals surface area contributed by atoms with Gasteiger partial charge in [0.15, 0.2) is 0 Å². The third-order valence-corrected chi connectivity index (χ3v) is 6.53. The van der Waals surface area contributed by atoms with E-state index in [2.05, 4.69) is 39.0 Å². The first-order chi connectivity index (χ1) is 10.3. The second kappa shape index (κ2) is 5.11. The van der Waals surface area contributed by atoms with Gasteiger partial charge in [0.1, 0.15) is 0 Å². The van der Waals surface area contributed by atoms with E-state index in [4.69, 9.17) is 0 Å². The molecule has 1 aromatic carbocycles. The van der Waals surface area contributed by atoms with E-state index in [1.54, 1.807) is 0 Å².